The molecule has 0 saturated carbocycles. The molecule has 0 N–H and O–H groups in total. The number of hydrogen-bond acceptors (Lipinski definition) is 5. The Morgan fingerprint density at radius 1 is 1.22 bits per heavy atom. The number of piperazine rings is 1. The first-order chi connectivity index (χ1) is 8.61. The van der Waals surface area contributed by atoms with Crippen LogP contribution in [0.4, 0.5) is 0 Å². The van der Waals surface area contributed by atoms with Gasteiger partial charge in [-0.05, 0) is 18.0 Å². The zero-order valence-electron chi connectivity index (χ0n) is 9.93. The lowest BCUT2D eigenvalue weighted by molar-refractivity contribution is -0.156. The molecular formula is C10H13ClN4O2S. The van der Waals surface area contributed by atoms with E-state index in [0.717, 1.165) is 6.42 Å². The van der Waals surface area contributed by atoms with Gasteiger partial charge in [-0.25, -0.2) is 0 Å². The summed E-state index contributed by atoms with van der Waals surface area (Å²) in [5.74, 6) is -0.903. The van der Waals surface area contributed by atoms with E-state index >= 15 is 0 Å². The summed E-state index contributed by atoms with van der Waals surface area (Å²) in [6.07, 6.45) is 0.852. The maximum Gasteiger partial charge on any atom is 0.312 e. The van der Waals surface area contributed by atoms with E-state index in [-0.39, 0.29) is 0 Å². The van der Waals surface area contributed by atoms with Crippen molar-refractivity contribution in [3.05, 3.63) is 9.47 Å². The van der Waals surface area contributed by atoms with Crippen LogP contribution >= 0.6 is 22.9 Å². The summed E-state index contributed by atoms with van der Waals surface area (Å²) in [5, 5.41) is 8.16. The number of amides is 2. The highest BCUT2D eigenvalue weighted by molar-refractivity contribution is 7.15. The summed E-state index contributed by atoms with van der Waals surface area (Å²) < 4.78 is 0.341. The smallest absolute Gasteiger partial charge is 0.312 e. The molecule has 0 radical (unpaired) electrons. The van der Waals surface area contributed by atoms with Crippen molar-refractivity contribution < 1.29 is 9.59 Å². The number of halogens is 1. The van der Waals surface area contributed by atoms with E-state index in [1.807, 2.05) is 6.92 Å². The van der Waals surface area contributed by atoms with Crippen molar-refractivity contribution >= 4 is 34.8 Å². The molecule has 8 heteroatoms. The molecule has 2 heterocycles. The number of carbonyl (C=O) groups excluding carboxylic acids is 2. The van der Waals surface area contributed by atoms with Crippen molar-refractivity contribution in [2.75, 3.05) is 19.6 Å². The van der Waals surface area contributed by atoms with Gasteiger partial charge in [-0.1, -0.05) is 18.3 Å². The van der Waals surface area contributed by atoms with Gasteiger partial charge in [0.1, 0.15) is 5.01 Å². The van der Waals surface area contributed by atoms with Crippen LogP contribution < -0.4 is 0 Å². The number of nitrogens with zero attached hydrogens (tertiary/aromatic N) is 4. The first kappa shape index (κ1) is 13.2. The van der Waals surface area contributed by atoms with E-state index in [4.69, 9.17) is 11.6 Å². The fourth-order valence-electron chi connectivity index (χ4n) is 1.81. The Hall–Kier alpha value is -1.21. The molecule has 2 rings (SSSR count). The van der Waals surface area contributed by atoms with Crippen LogP contribution in [0.15, 0.2) is 0 Å². The molecule has 98 valence electrons. The molecule has 1 aromatic rings. The van der Waals surface area contributed by atoms with Crippen LogP contribution in [0.25, 0.3) is 0 Å². The lowest BCUT2D eigenvalue weighted by Crippen LogP contribution is -2.53. The summed E-state index contributed by atoms with van der Waals surface area (Å²) in [6.45, 7) is 4.01. The Balaban J connectivity index is 2.00. The zero-order chi connectivity index (χ0) is 13.1. The third-order valence-electron chi connectivity index (χ3n) is 2.66. The fraction of sp³-hybridized carbons (Fsp3) is 0.600. The third-order valence-corrected chi connectivity index (χ3v) is 3.66. The normalized spacial score (nSPS) is 16.6. The fourth-order valence-corrected chi connectivity index (χ4v) is 2.69. The average molecular weight is 289 g/mol. The molecule has 1 aromatic heterocycles. The average Bonchev–Trinajstić information content (AvgIpc) is 2.75. The maximum atomic E-state index is 11.9. The molecule has 0 aliphatic carbocycles. The van der Waals surface area contributed by atoms with Crippen molar-refractivity contribution in [1.29, 1.82) is 0 Å². The van der Waals surface area contributed by atoms with Crippen molar-refractivity contribution in [1.82, 2.24) is 20.0 Å². The molecule has 0 spiro atoms. The zero-order valence-corrected chi connectivity index (χ0v) is 11.5. The highest BCUT2D eigenvalue weighted by atomic mass is 35.5. The van der Waals surface area contributed by atoms with Gasteiger partial charge in [0.05, 0.1) is 6.54 Å². The predicted octanol–water partition coefficient (Wildman–Crippen LogP) is 0.772. The molecule has 1 aliphatic rings. The van der Waals surface area contributed by atoms with Gasteiger partial charge in [-0.2, -0.15) is 0 Å². The van der Waals surface area contributed by atoms with Crippen molar-refractivity contribution in [3.8, 4) is 0 Å². The Kier molecular flexibility index (Phi) is 4.13. The van der Waals surface area contributed by atoms with Crippen molar-refractivity contribution in [2.24, 2.45) is 0 Å². The van der Waals surface area contributed by atoms with Gasteiger partial charge in [0.25, 0.3) is 0 Å². The minimum atomic E-state index is -0.471. The third kappa shape index (κ3) is 2.78. The summed E-state index contributed by atoms with van der Waals surface area (Å²) in [4.78, 5) is 26.8. The Morgan fingerprint density at radius 3 is 2.50 bits per heavy atom. The second-order valence-corrected chi connectivity index (χ2v) is 5.61. The van der Waals surface area contributed by atoms with E-state index in [9.17, 15) is 9.59 Å². The molecule has 18 heavy (non-hydrogen) atoms. The summed E-state index contributed by atoms with van der Waals surface area (Å²) >= 11 is 6.89. The summed E-state index contributed by atoms with van der Waals surface area (Å²) in [7, 11) is 0. The molecule has 2 amide bonds. The Bertz CT molecular complexity index is 464. The van der Waals surface area contributed by atoms with Crippen LogP contribution in [-0.4, -0.2) is 51.4 Å². The maximum absolute atomic E-state index is 11.9. The van der Waals surface area contributed by atoms with E-state index in [1.54, 1.807) is 4.90 Å². The van der Waals surface area contributed by atoms with E-state index in [0.29, 0.717) is 35.7 Å². The molecule has 0 unspecified atom stereocenters. The number of rotatable bonds is 4. The predicted molar refractivity (Wildman–Crippen MR) is 67.2 cm³/mol. The van der Waals surface area contributed by atoms with Gasteiger partial charge in [-0.15, -0.1) is 10.2 Å². The van der Waals surface area contributed by atoms with Gasteiger partial charge in [-0.3, -0.25) is 9.59 Å². The van der Waals surface area contributed by atoms with Crippen LogP contribution in [-0.2, 0) is 16.1 Å². The molecule has 6 nitrogen and oxygen atoms in total. The monoisotopic (exact) mass is 288 g/mol. The Labute approximate surface area is 114 Å². The van der Waals surface area contributed by atoms with Gasteiger partial charge in [0.2, 0.25) is 4.47 Å². The van der Waals surface area contributed by atoms with Gasteiger partial charge < -0.3 is 9.80 Å². The van der Waals surface area contributed by atoms with Crippen molar-refractivity contribution in [3.63, 3.8) is 0 Å². The topological polar surface area (TPSA) is 66.4 Å². The minimum absolute atomic E-state index is 0.301. The van der Waals surface area contributed by atoms with Crippen LogP contribution in [0.5, 0.6) is 0 Å². The van der Waals surface area contributed by atoms with Crippen LogP contribution in [0.2, 0.25) is 4.47 Å². The molecule has 1 saturated heterocycles. The van der Waals surface area contributed by atoms with E-state index in [2.05, 4.69) is 10.2 Å². The largest absolute Gasteiger partial charge is 0.333 e. The Morgan fingerprint density at radius 2 is 1.89 bits per heavy atom. The molecule has 0 aromatic carbocycles. The minimum Gasteiger partial charge on any atom is -0.333 e. The van der Waals surface area contributed by atoms with Crippen molar-refractivity contribution in [2.45, 2.75) is 19.9 Å². The molecule has 1 fully saturated rings. The number of aromatic nitrogens is 2. The molecular weight excluding hydrogens is 276 g/mol. The molecule has 1 aliphatic heterocycles. The van der Waals surface area contributed by atoms with E-state index in [1.165, 1.54) is 16.2 Å². The lowest BCUT2D eigenvalue weighted by atomic mass is 10.2. The first-order valence-corrected chi connectivity index (χ1v) is 6.87. The summed E-state index contributed by atoms with van der Waals surface area (Å²) in [5.41, 5.74) is 0. The van der Waals surface area contributed by atoms with Gasteiger partial charge >= 0.3 is 11.8 Å². The first-order valence-electron chi connectivity index (χ1n) is 5.68. The van der Waals surface area contributed by atoms with Crippen LogP contribution in [0.1, 0.15) is 18.4 Å². The SMILES string of the molecule is CCCN1CCN(Cc2nnc(Cl)s2)C(=O)C1=O. The summed E-state index contributed by atoms with van der Waals surface area (Å²) in [6, 6.07) is 0. The molecule has 0 bridgehead atoms. The number of hydrogen-bond donors (Lipinski definition) is 0. The standard InChI is InChI=1S/C10H13ClN4O2S/c1-2-3-14-4-5-15(9(17)8(14)16)6-7-12-13-10(11)18-7/h2-6H2,1H3. The highest BCUT2D eigenvalue weighted by Gasteiger charge is 2.32. The highest BCUT2D eigenvalue weighted by Crippen LogP contribution is 2.18. The van der Waals surface area contributed by atoms with Crippen LogP contribution in [0, 0.1) is 0 Å². The quantitative estimate of drug-likeness (QED) is 0.768. The number of carbonyl (C=O) groups is 2. The van der Waals surface area contributed by atoms with Gasteiger partial charge in [0.15, 0.2) is 0 Å². The second-order valence-electron chi connectivity index (χ2n) is 3.97. The lowest BCUT2D eigenvalue weighted by Gasteiger charge is -2.33. The molecule has 0 atom stereocenters. The van der Waals surface area contributed by atoms with Crippen LogP contribution in [0.3, 0.4) is 0 Å². The van der Waals surface area contributed by atoms with Gasteiger partial charge in [0, 0.05) is 19.6 Å². The second kappa shape index (κ2) is 5.62. The van der Waals surface area contributed by atoms with E-state index < -0.39 is 11.8 Å².